The van der Waals surface area contributed by atoms with E-state index in [2.05, 4.69) is 6.07 Å². The molecule has 2 atom stereocenters. The highest BCUT2D eigenvalue weighted by Crippen LogP contribution is 2.50. The number of hydrogen-bond acceptors (Lipinski definition) is 3. The number of carboxylic acid groups (broad SMARTS) is 1. The van der Waals surface area contributed by atoms with Gasteiger partial charge in [0.2, 0.25) is 0 Å². The standard InChI is InChI=1S/C18H33NO3/c1-15(2,3)13(14(20)21)10-16(4,5)18(8,12-19)11-17(6,7)22-9/h13H,10-11H2,1-9H3,(H,20,21). The normalized spacial score (nSPS) is 17.5. The first-order valence-corrected chi connectivity index (χ1v) is 7.81. The van der Waals surface area contributed by atoms with Crippen LogP contribution in [0.1, 0.15) is 68.2 Å². The fraction of sp³-hybridized carbons (Fsp3) is 0.889. The van der Waals surface area contributed by atoms with Crippen LogP contribution in [0.4, 0.5) is 0 Å². The summed E-state index contributed by atoms with van der Waals surface area (Å²) >= 11 is 0. The average Bonchev–Trinajstić information content (AvgIpc) is 2.33. The zero-order valence-corrected chi connectivity index (χ0v) is 15.7. The summed E-state index contributed by atoms with van der Waals surface area (Å²) < 4.78 is 5.48. The summed E-state index contributed by atoms with van der Waals surface area (Å²) in [7, 11) is 1.64. The smallest absolute Gasteiger partial charge is 0.307 e. The van der Waals surface area contributed by atoms with E-state index in [1.165, 1.54) is 0 Å². The molecule has 0 aromatic carbocycles. The number of nitrogens with zero attached hydrogens (tertiary/aromatic N) is 1. The van der Waals surface area contributed by atoms with Crippen LogP contribution in [-0.4, -0.2) is 23.8 Å². The lowest BCUT2D eigenvalue weighted by Crippen LogP contribution is -2.44. The number of hydrogen-bond donors (Lipinski definition) is 1. The van der Waals surface area contributed by atoms with E-state index in [1.54, 1.807) is 7.11 Å². The molecule has 0 saturated carbocycles. The van der Waals surface area contributed by atoms with Crippen LogP contribution in [0.5, 0.6) is 0 Å². The van der Waals surface area contributed by atoms with E-state index in [0.717, 1.165) is 0 Å². The van der Waals surface area contributed by atoms with Gasteiger partial charge < -0.3 is 9.84 Å². The number of ether oxygens (including phenoxy) is 1. The van der Waals surface area contributed by atoms with Crippen molar-refractivity contribution in [1.82, 2.24) is 0 Å². The third-order valence-corrected chi connectivity index (χ3v) is 5.13. The first-order valence-electron chi connectivity index (χ1n) is 7.81. The Morgan fingerprint density at radius 3 is 1.86 bits per heavy atom. The summed E-state index contributed by atoms with van der Waals surface area (Å²) in [5.41, 5.74) is -1.90. The molecule has 0 rings (SSSR count). The lowest BCUT2D eigenvalue weighted by Gasteiger charge is -2.45. The largest absolute Gasteiger partial charge is 0.481 e. The second-order valence-electron chi connectivity index (χ2n) is 8.93. The SMILES string of the molecule is COC(C)(C)CC(C)(C#N)C(C)(C)CC(C(=O)O)C(C)(C)C. The van der Waals surface area contributed by atoms with Gasteiger partial charge in [0.15, 0.2) is 0 Å². The van der Waals surface area contributed by atoms with Crippen molar-refractivity contribution in [3.05, 3.63) is 0 Å². The molecule has 0 saturated heterocycles. The van der Waals surface area contributed by atoms with Crippen LogP contribution in [0, 0.1) is 33.5 Å². The van der Waals surface area contributed by atoms with Crippen molar-refractivity contribution in [2.45, 2.75) is 73.8 Å². The Kier molecular flexibility index (Phi) is 6.26. The maximum atomic E-state index is 11.7. The number of aliphatic carboxylic acids is 1. The quantitative estimate of drug-likeness (QED) is 0.751. The molecular weight excluding hydrogens is 278 g/mol. The Morgan fingerprint density at radius 1 is 1.14 bits per heavy atom. The van der Waals surface area contributed by atoms with Gasteiger partial charge in [-0.15, -0.1) is 0 Å². The molecule has 0 aromatic rings. The Balaban J connectivity index is 5.58. The second-order valence-corrected chi connectivity index (χ2v) is 8.93. The van der Waals surface area contributed by atoms with Gasteiger partial charge in [-0.2, -0.15) is 5.26 Å². The number of carboxylic acids is 1. The van der Waals surface area contributed by atoms with E-state index in [0.29, 0.717) is 12.8 Å². The fourth-order valence-corrected chi connectivity index (χ4v) is 2.85. The first-order chi connectivity index (χ1) is 9.62. The minimum atomic E-state index is -0.799. The first kappa shape index (κ1) is 20.9. The van der Waals surface area contributed by atoms with Gasteiger partial charge in [-0.25, -0.2) is 0 Å². The third kappa shape index (κ3) is 4.98. The van der Waals surface area contributed by atoms with Crippen molar-refractivity contribution in [2.24, 2.45) is 22.2 Å². The Hall–Kier alpha value is -1.08. The topological polar surface area (TPSA) is 70.3 Å². The predicted octanol–water partition coefficient (Wildman–Crippen LogP) is 4.49. The van der Waals surface area contributed by atoms with Gasteiger partial charge in [-0.3, -0.25) is 4.79 Å². The molecule has 0 radical (unpaired) electrons. The van der Waals surface area contributed by atoms with Gasteiger partial charge in [0.25, 0.3) is 0 Å². The van der Waals surface area contributed by atoms with E-state index >= 15 is 0 Å². The van der Waals surface area contributed by atoms with E-state index in [-0.39, 0.29) is 5.41 Å². The summed E-state index contributed by atoms with van der Waals surface area (Å²) in [6.07, 6.45) is 1.01. The van der Waals surface area contributed by atoms with Crippen molar-refractivity contribution in [3.8, 4) is 6.07 Å². The van der Waals surface area contributed by atoms with Crippen molar-refractivity contribution in [1.29, 1.82) is 5.26 Å². The van der Waals surface area contributed by atoms with Crippen molar-refractivity contribution >= 4 is 5.97 Å². The zero-order valence-electron chi connectivity index (χ0n) is 15.7. The average molecular weight is 311 g/mol. The van der Waals surface area contributed by atoms with Crippen LogP contribution in [0.2, 0.25) is 0 Å². The maximum Gasteiger partial charge on any atom is 0.307 e. The van der Waals surface area contributed by atoms with E-state index < -0.39 is 28.3 Å². The van der Waals surface area contributed by atoms with Crippen LogP contribution in [0.15, 0.2) is 0 Å². The van der Waals surface area contributed by atoms with E-state index in [4.69, 9.17) is 4.74 Å². The molecule has 0 amide bonds. The van der Waals surface area contributed by atoms with Gasteiger partial charge in [-0.1, -0.05) is 34.6 Å². The van der Waals surface area contributed by atoms with Crippen LogP contribution in [0.3, 0.4) is 0 Å². The number of nitriles is 1. The van der Waals surface area contributed by atoms with Gasteiger partial charge in [-0.05, 0) is 44.4 Å². The summed E-state index contributed by atoms with van der Waals surface area (Å²) in [6.45, 7) is 15.6. The number of rotatable bonds is 7. The highest BCUT2D eigenvalue weighted by atomic mass is 16.5. The van der Waals surface area contributed by atoms with Crippen LogP contribution in [-0.2, 0) is 9.53 Å². The molecular formula is C18H33NO3. The summed E-state index contributed by atoms with van der Waals surface area (Å²) in [6, 6.07) is 2.43. The monoisotopic (exact) mass is 311 g/mol. The molecule has 0 aliphatic carbocycles. The molecule has 4 nitrogen and oxygen atoms in total. The number of methoxy groups -OCH3 is 1. The van der Waals surface area contributed by atoms with Gasteiger partial charge in [0, 0.05) is 7.11 Å². The summed E-state index contributed by atoms with van der Waals surface area (Å²) in [5, 5.41) is 19.4. The summed E-state index contributed by atoms with van der Waals surface area (Å²) in [5.74, 6) is -1.30. The fourth-order valence-electron chi connectivity index (χ4n) is 2.85. The number of carbonyl (C=O) groups is 1. The molecule has 0 aromatic heterocycles. The summed E-state index contributed by atoms with van der Waals surface area (Å²) in [4.78, 5) is 11.7. The lowest BCUT2D eigenvalue weighted by molar-refractivity contribution is -0.148. The van der Waals surface area contributed by atoms with Gasteiger partial charge in [0.05, 0.1) is 23.0 Å². The van der Waals surface area contributed by atoms with E-state index in [1.807, 2.05) is 55.4 Å². The van der Waals surface area contributed by atoms with Crippen molar-refractivity contribution in [2.75, 3.05) is 7.11 Å². The molecule has 0 aliphatic rings. The van der Waals surface area contributed by atoms with Gasteiger partial charge in [0.1, 0.15) is 0 Å². The molecule has 0 heterocycles. The Labute approximate surface area is 135 Å². The zero-order chi connectivity index (χ0) is 18.0. The molecule has 0 aliphatic heterocycles. The molecule has 0 fully saturated rings. The highest BCUT2D eigenvalue weighted by molar-refractivity contribution is 5.71. The van der Waals surface area contributed by atoms with Crippen LogP contribution >= 0.6 is 0 Å². The molecule has 1 N–H and O–H groups in total. The van der Waals surface area contributed by atoms with E-state index in [9.17, 15) is 15.2 Å². The van der Waals surface area contributed by atoms with Crippen LogP contribution in [0.25, 0.3) is 0 Å². The predicted molar refractivity (Wildman–Crippen MR) is 88.4 cm³/mol. The minimum absolute atomic E-state index is 0.351. The molecule has 0 bridgehead atoms. The molecule has 0 spiro atoms. The molecule has 22 heavy (non-hydrogen) atoms. The Morgan fingerprint density at radius 2 is 1.59 bits per heavy atom. The van der Waals surface area contributed by atoms with Crippen molar-refractivity contribution < 1.29 is 14.6 Å². The van der Waals surface area contributed by atoms with Crippen LogP contribution < -0.4 is 0 Å². The minimum Gasteiger partial charge on any atom is -0.481 e. The molecule has 4 heteroatoms. The third-order valence-electron chi connectivity index (χ3n) is 5.13. The van der Waals surface area contributed by atoms with Crippen molar-refractivity contribution in [3.63, 3.8) is 0 Å². The second kappa shape index (κ2) is 6.58. The Bertz CT molecular complexity index is 440. The molecule has 128 valence electrons. The van der Waals surface area contributed by atoms with Gasteiger partial charge >= 0.3 is 5.97 Å². The lowest BCUT2D eigenvalue weighted by atomic mass is 9.58. The molecule has 2 unspecified atom stereocenters. The highest BCUT2D eigenvalue weighted by Gasteiger charge is 2.48. The maximum absolute atomic E-state index is 11.7.